The molecule has 0 bridgehead atoms. The van der Waals surface area contributed by atoms with Crippen LogP contribution >= 0.6 is 22.6 Å². The lowest BCUT2D eigenvalue weighted by Gasteiger charge is -2.33. The van der Waals surface area contributed by atoms with Crippen molar-refractivity contribution >= 4 is 34.6 Å². The fraction of sp³-hybridized carbons (Fsp3) is 0.429. The topological polar surface area (TPSA) is 37.6 Å². The van der Waals surface area contributed by atoms with Gasteiger partial charge in [-0.25, -0.2) is 4.98 Å². The molecule has 100 valence electrons. The van der Waals surface area contributed by atoms with Gasteiger partial charge < -0.3 is 4.90 Å². The maximum atomic E-state index is 11.2. The van der Waals surface area contributed by atoms with Crippen molar-refractivity contribution in [2.24, 2.45) is 0 Å². The summed E-state index contributed by atoms with van der Waals surface area (Å²) >= 11 is 2.32. The molecule has 1 saturated heterocycles. The number of carbonyl (C=O) groups is 1. The number of carbonyl (C=O) groups excluding carboxylic acids is 1. The van der Waals surface area contributed by atoms with Crippen LogP contribution in [0.1, 0.15) is 36.6 Å². The van der Waals surface area contributed by atoms with E-state index in [9.17, 15) is 4.79 Å². The molecule has 0 spiro atoms. The highest BCUT2D eigenvalue weighted by Crippen LogP contribution is 2.30. The highest BCUT2D eigenvalue weighted by molar-refractivity contribution is 14.1. The number of nitrogens with zero attached hydrogens (tertiary/aromatic N) is 3. The summed E-state index contributed by atoms with van der Waals surface area (Å²) in [5.74, 6) is 0. The van der Waals surface area contributed by atoms with Gasteiger partial charge in [0.15, 0.2) is 0 Å². The van der Waals surface area contributed by atoms with E-state index >= 15 is 0 Å². The molecular formula is C14H16IN3O. The van der Waals surface area contributed by atoms with E-state index in [2.05, 4.69) is 44.2 Å². The van der Waals surface area contributed by atoms with Crippen molar-refractivity contribution in [3.05, 3.63) is 33.3 Å². The summed E-state index contributed by atoms with van der Waals surface area (Å²) in [5, 5.41) is 0. The lowest BCUT2D eigenvalue weighted by Crippen LogP contribution is -2.32. The summed E-state index contributed by atoms with van der Waals surface area (Å²) in [6.45, 7) is 2.89. The predicted molar refractivity (Wildman–Crippen MR) is 82.0 cm³/mol. The van der Waals surface area contributed by atoms with Crippen LogP contribution in [-0.4, -0.2) is 27.2 Å². The number of hydrogen-bond acceptors (Lipinski definition) is 2. The van der Waals surface area contributed by atoms with E-state index in [1.54, 1.807) is 0 Å². The van der Waals surface area contributed by atoms with E-state index in [4.69, 9.17) is 0 Å². The third-order valence-electron chi connectivity index (χ3n) is 3.81. The first-order valence-electron chi connectivity index (χ1n) is 6.56. The molecule has 0 N–H and O–H groups in total. The van der Waals surface area contributed by atoms with Crippen molar-refractivity contribution in [3.63, 3.8) is 0 Å². The van der Waals surface area contributed by atoms with Crippen LogP contribution in [0, 0.1) is 10.6 Å². The Balaban J connectivity index is 2.04. The van der Waals surface area contributed by atoms with Gasteiger partial charge in [0.25, 0.3) is 0 Å². The van der Waals surface area contributed by atoms with Crippen LogP contribution < -0.4 is 0 Å². The van der Waals surface area contributed by atoms with Crippen molar-refractivity contribution in [1.82, 2.24) is 14.3 Å². The molecule has 0 radical (unpaired) electrons. The summed E-state index contributed by atoms with van der Waals surface area (Å²) in [6, 6.07) is 4.36. The molecular weight excluding hydrogens is 353 g/mol. The third kappa shape index (κ3) is 2.24. The third-order valence-corrected chi connectivity index (χ3v) is 5.11. The molecule has 1 unspecified atom stereocenters. The summed E-state index contributed by atoms with van der Waals surface area (Å²) in [4.78, 5) is 17.6. The summed E-state index contributed by atoms with van der Waals surface area (Å²) in [7, 11) is 0. The van der Waals surface area contributed by atoms with Crippen molar-refractivity contribution in [3.8, 4) is 0 Å². The average molecular weight is 369 g/mol. The molecule has 19 heavy (non-hydrogen) atoms. The number of amides is 1. The zero-order valence-corrected chi connectivity index (χ0v) is 13.0. The number of piperidine rings is 1. The molecule has 0 aromatic carbocycles. The Morgan fingerprint density at radius 1 is 1.42 bits per heavy atom. The average Bonchev–Trinajstić information content (AvgIpc) is 2.74. The quantitative estimate of drug-likeness (QED) is 0.603. The number of rotatable bonds is 2. The molecule has 0 saturated carbocycles. The minimum Gasteiger partial charge on any atom is -0.338 e. The van der Waals surface area contributed by atoms with Crippen LogP contribution in [0.15, 0.2) is 18.3 Å². The van der Waals surface area contributed by atoms with Crippen molar-refractivity contribution in [2.75, 3.05) is 6.54 Å². The molecule has 2 aromatic rings. The number of hydrogen-bond donors (Lipinski definition) is 0. The van der Waals surface area contributed by atoms with Gasteiger partial charge in [-0.15, -0.1) is 0 Å². The van der Waals surface area contributed by atoms with E-state index in [0.29, 0.717) is 0 Å². The Labute approximate surface area is 126 Å². The van der Waals surface area contributed by atoms with E-state index in [1.165, 1.54) is 12.0 Å². The minimum absolute atomic E-state index is 0.217. The van der Waals surface area contributed by atoms with Crippen molar-refractivity contribution < 1.29 is 4.79 Å². The first kappa shape index (κ1) is 12.9. The van der Waals surface area contributed by atoms with Crippen molar-refractivity contribution in [2.45, 2.75) is 32.2 Å². The second kappa shape index (κ2) is 5.11. The van der Waals surface area contributed by atoms with Gasteiger partial charge in [0.2, 0.25) is 6.41 Å². The lowest BCUT2D eigenvalue weighted by molar-refractivity contribution is -0.121. The number of likely N-dealkylation sites (tertiary alicyclic amines) is 1. The first-order chi connectivity index (χ1) is 9.20. The molecule has 1 fully saturated rings. The standard InChI is InChI=1S/C14H16IN3O/c1-10-14(15)18-8-11(5-6-13(18)16-10)12-4-2-3-7-17(12)9-19/h5-6,8-9,12H,2-4,7H2,1H3. The van der Waals surface area contributed by atoms with Crippen LogP contribution in [0.4, 0.5) is 0 Å². The number of fused-ring (bicyclic) bond motifs is 1. The number of halogens is 1. The van der Waals surface area contributed by atoms with Gasteiger partial charge in [-0.2, -0.15) is 0 Å². The van der Waals surface area contributed by atoms with E-state index in [-0.39, 0.29) is 6.04 Å². The molecule has 4 nitrogen and oxygen atoms in total. The molecule has 2 aromatic heterocycles. The fourth-order valence-corrected chi connectivity index (χ4v) is 3.29. The van der Waals surface area contributed by atoms with Gasteiger partial charge in [-0.3, -0.25) is 9.20 Å². The molecule has 3 heterocycles. The Bertz CT molecular complexity index is 622. The van der Waals surface area contributed by atoms with Crippen molar-refractivity contribution in [1.29, 1.82) is 0 Å². The molecule has 1 amide bonds. The number of pyridine rings is 1. The SMILES string of the molecule is Cc1nc2ccc(C3CCCCN3C=O)cn2c1I. The summed E-state index contributed by atoms with van der Waals surface area (Å²) in [6.07, 6.45) is 6.46. The Kier molecular flexibility index (Phi) is 3.47. The monoisotopic (exact) mass is 369 g/mol. The zero-order chi connectivity index (χ0) is 13.4. The fourth-order valence-electron chi connectivity index (χ4n) is 2.79. The molecule has 1 aliphatic rings. The molecule has 3 rings (SSSR count). The molecule has 1 aliphatic heterocycles. The zero-order valence-electron chi connectivity index (χ0n) is 10.8. The van der Waals surface area contributed by atoms with Gasteiger partial charge in [-0.05, 0) is 60.4 Å². The van der Waals surface area contributed by atoms with Crippen LogP contribution in [0.25, 0.3) is 5.65 Å². The second-order valence-electron chi connectivity index (χ2n) is 5.03. The number of imidazole rings is 1. The van der Waals surface area contributed by atoms with Crippen LogP contribution in [-0.2, 0) is 4.79 Å². The number of aryl methyl sites for hydroxylation is 1. The second-order valence-corrected chi connectivity index (χ2v) is 6.06. The minimum atomic E-state index is 0.217. The van der Waals surface area contributed by atoms with E-state index < -0.39 is 0 Å². The van der Waals surface area contributed by atoms with Gasteiger partial charge in [0, 0.05) is 12.7 Å². The lowest BCUT2D eigenvalue weighted by atomic mass is 9.97. The molecule has 1 atom stereocenters. The van der Waals surface area contributed by atoms with Gasteiger partial charge in [-0.1, -0.05) is 6.07 Å². The predicted octanol–water partition coefficient (Wildman–Crippen LogP) is 2.93. The maximum Gasteiger partial charge on any atom is 0.210 e. The Morgan fingerprint density at radius 2 is 2.26 bits per heavy atom. The Morgan fingerprint density at radius 3 is 3.05 bits per heavy atom. The normalized spacial score (nSPS) is 19.9. The first-order valence-corrected chi connectivity index (χ1v) is 7.63. The van der Waals surface area contributed by atoms with Crippen LogP contribution in [0.3, 0.4) is 0 Å². The largest absolute Gasteiger partial charge is 0.338 e. The smallest absolute Gasteiger partial charge is 0.210 e. The summed E-state index contributed by atoms with van der Waals surface area (Å²) in [5.41, 5.74) is 3.22. The highest BCUT2D eigenvalue weighted by atomic mass is 127. The molecule has 0 aliphatic carbocycles. The Hall–Kier alpha value is -1.11. The van der Waals surface area contributed by atoms with E-state index in [0.717, 1.165) is 40.8 Å². The van der Waals surface area contributed by atoms with Gasteiger partial charge >= 0.3 is 0 Å². The highest BCUT2D eigenvalue weighted by Gasteiger charge is 2.23. The molecule has 5 heteroatoms. The number of aromatic nitrogens is 2. The summed E-state index contributed by atoms with van der Waals surface area (Å²) < 4.78 is 3.26. The van der Waals surface area contributed by atoms with Gasteiger partial charge in [0.1, 0.15) is 9.35 Å². The van der Waals surface area contributed by atoms with Crippen LogP contribution in [0.5, 0.6) is 0 Å². The van der Waals surface area contributed by atoms with Gasteiger partial charge in [0.05, 0.1) is 11.7 Å². The maximum absolute atomic E-state index is 11.2. The van der Waals surface area contributed by atoms with Crippen LogP contribution in [0.2, 0.25) is 0 Å². The van der Waals surface area contributed by atoms with E-state index in [1.807, 2.05) is 17.9 Å².